The quantitative estimate of drug-likeness (QED) is 0.902. The van der Waals surface area contributed by atoms with Gasteiger partial charge in [0.15, 0.2) is 0 Å². The van der Waals surface area contributed by atoms with Crippen LogP contribution in [0.2, 0.25) is 0 Å². The molecule has 1 amide bonds. The molecule has 1 saturated carbocycles. The zero-order chi connectivity index (χ0) is 13.0. The van der Waals surface area contributed by atoms with Crippen molar-refractivity contribution >= 4 is 21.8 Å². The monoisotopic (exact) mass is 309 g/mol. The second kappa shape index (κ2) is 5.87. The van der Waals surface area contributed by atoms with Gasteiger partial charge in [-0.2, -0.15) is 0 Å². The Labute approximate surface area is 117 Å². The highest BCUT2D eigenvalue weighted by atomic mass is 79.9. The molecule has 1 aliphatic rings. The van der Waals surface area contributed by atoms with Crippen LogP contribution in [-0.2, 0) is 11.2 Å². The minimum Gasteiger partial charge on any atom is -0.369 e. The molecule has 0 aromatic heterocycles. The zero-order valence-electron chi connectivity index (χ0n) is 10.6. The van der Waals surface area contributed by atoms with E-state index in [-0.39, 0.29) is 11.3 Å². The van der Waals surface area contributed by atoms with Crippen LogP contribution in [0.15, 0.2) is 28.7 Å². The first-order valence-electron chi connectivity index (χ1n) is 6.67. The number of rotatable bonds is 4. The summed E-state index contributed by atoms with van der Waals surface area (Å²) in [6, 6.07) is 8.30. The highest BCUT2D eigenvalue weighted by molar-refractivity contribution is 9.10. The van der Waals surface area contributed by atoms with Crippen LogP contribution in [0.4, 0.5) is 0 Å². The zero-order valence-corrected chi connectivity index (χ0v) is 12.2. The normalized spacial score (nSPS) is 18.5. The molecule has 0 unspecified atom stereocenters. The lowest BCUT2D eigenvalue weighted by atomic mass is 9.70. The second-order valence-corrected chi connectivity index (χ2v) is 6.25. The number of nitrogens with two attached hydrogens (primary N) is 1. The van der Waals surface area contributed by atoms with Gasteiger partial charge in [0, 0.05) is 9.89 Å². The van der Waals surface area contributed by atoms with Crippen molar-refractivity contribution in [1.82, 2.24) is 0 Å². The average molecular weight is 310 g/mol. The second-order valence-electron chi connectivity index (χ2n) is 5.34. The molecule has 18 heavy (non-hydrogen) atoms. The molecular formula is C15H20BrNO. The van der Waals surface area contributed by atoms with Crippen LogP contribution < -0.4 is 5.73 Å². The minimum absolute atomic E-state index is 0.0998. The third-order valence-electron chi connectivity index (χ3n) is 4.11. The molecule has 98 valence electrons. The van der Waals surface area contributed by atoms with Gasteiger partial charge >= 0.3 is 0 Å². The maximum atomic E-state index is 11.8. The molecule has 1 fully saturated rings. The SMILES string of the molecule is NC(=O)C1(CCc2cccc(Br)c2)CCCCC1. The number of carbonyl (C=O) groups excluding carboxylic acids is 1. The first-order chi connectivity index (χ1) is 8.62. The Morgan fingerprint density at radius 3 is 2.61 bits per heavy atom. The fraction of sp³-hybridized carbons (Fsp3) is 0.533. The van der Waals surface area contributed by atoms with Crippen LogP contribution in [0.3, 0.4) is 0 Å². The van der Waals surface area contributed by atoms with Gasteiger partial charge in [0.25, 0.3) is 0 Å². The number of halogens is 1. The molecule has 2 rings (SSSR count). The van der Waals surface area contributed by atoms with E-state index in [0.29, 0.717) is 0 Å². The molecule has 0 atom stereocenters. The Morgan fingerprint density at radius 1 is 1.28 bits per heavy atom. The van der Waals surface area contributed by atoms with Crippen LogP contribution in [0.25, 0.3) is 0 Å². The third-order valence-corrected chi connectivity index (χ3v) is 4.61. The number of primary amides is 1. The van der Waals surface area contributed by atoms with Crippen molar-refractivity contribution in [2.45, 2.75) is 44.9 Å². The average Bonchev–Trinajstić information content (AvgIpc) is 2.37. The number of carbonyl (C=O) groups is 1. The molecule has 0 spiro atoms. The Hall–Kier alpha value is -0.830. The number of hydrogen-bond donors (Lipinski definition) is 1. The van der Waals surface area contributed by atoms with Gasteiger partial charge in [-0.1, -0.05) is 47.3 Å². The number of aryl methyl sites for hydroxylation is 1. The van der Waals surface area contributed by atoms with Crippen LogP contribution in [0.5, 0.6) is 0 Å². The van der Waals surface area contributed by atoms with E-state index in [1.807, 2.05) is 12.1 Å². The summed E-state index contributed by atoms with van der Waals surface area (Å²) in [5, 5.41) is 0. The molecule has 0 bridgehead atoms. The highest BCUT2D eigenvalue weighted by Gasteiger charge is 2.37. The summed E-state index contributed by atoms with van der Waals surface area (Å²) >= 11 is 3.48. The molecule has 2 nitrogen and oxygen atoms in total. The van der Waals surface area contributed by atoms with E-state index in [0.717, 1.165) is 43.0 Å². The van der Waals surface area contributed by atoms with Gasteiger partial charge in [0.1, 0.15) is 0 Å². The van der Waals surface area contributed by atoms with Gasteiger partial charge in [-0.15, -0.1) is 0 Å². The Balaban J connectivity index is 2.04. The standard InChI is InChI=1S/C15H20BrNO/c16-13-6-4-5-12(11-13)7-10-15(14(17)18)8-2-1-3-9-15/h4-6,11H,1-3,7-10H2,(H2,17,18). The van der Waals surface area contributed by atoms with Crippen molar-refractivity contribution in [3.8, 4) is 0 Å². The van der Waals surface area contributed by atoms with E-state index < -0.39 is 0 Å². The first kappa shape index (κ1) is 13.6. The molecule has 2 N–H and O–H groups in total. The number of hydrogen-bond acceptors (Lipinski definition) is 1. The summed E-state index contributed by atoms with van der Waals surface area (Å²) < 4.78 is 1.09. The molecule has 1 aliphatic carbocycles. The molecule has 0 saturated heterocycles. The predicted octanol–water partition coefficient (Wildman–Crippen LogP) is 3.82. The van der Waals surface area contributed by atoms with Crippen molar-refractivity contribution in [2.24, 2.45) is 11.1 Å². The van der Waals surface area contributed by atoms with Gasteiger partial charge in [0.05, 0.1) is 0 Å². The van der Waals surface area contributed by atoms with Gasteiger partial charge in [-0.25, -0.2) is 0 Å². The molecule has 0 radical (unpaired) electrons. The van der Waals surface area contributed by atoms with Crippen LogP contribution >= 0.6 is 15.9 Å². The van der Waals surface area contributed by atoms with Crippen LogP contribution in [0, 0.1) is 5.41 Å². The highest BCUT2D eigenvalue weighted by Crippen LogP contribution is 2.40. The summed E-state index contributed by atoms with van der Waals surface area (Å²) in [5.74, 6) is -0.0998. The van der Waals surface area contributed by atoms with Gasteiger partial charge in [-0.3, -0.25) is 4.79 Å². The first-order valence-corrected chi connectivity index (χ1v) is 7.46. The summed E-state index contributed by atoms with van der Waals surface area (Å²) in [5.41, 5.74) is 6.67. The molecular weight excluding hydrogens is 290 g/mol. The van der Waals surface area contributed by atoms with E-state index in [4.69, 9.17) is 5.73 Å². The number of benzene rings is 1. The topological polar surface area (TPSA) is 43.1 Å². The minimum atomic E-state index is -0.249. The van der Waals surface area contributed by atoms with Crippen LogP contribution in [0.1, 0.15) is 44.1 Å². The lowest BCUT2D eigenvalue weighted by Gasteiger charge is -2.34. The van der Waals surface area contributed by atoms with Gasteiger partial charge in [-0.05, 0) is 43.4 Å². The Kier molecular flexibility index (Phi) is 4.44. The fourth-order valence-corrected chi connectivity index (χ4v) is 3.37. The van der Waals surface area contributed by atoms with Crippen molar-refractivity contribution in [1.29, 1.82) is 0 Å². The summed E-state index contributed by atoms with van der Waals surface area (Å²) in [6.45, 7) is 0. The van der Waals surface area contributed by atoms with E-state index in [2.05, 4.69) is 28.1 Å². The maximum absolute atomic E-state index is 11.8. The smallest absolute Gasteiger partial charge is 0.223 e. The van der Waals surface area contributed by atoms with Crippen molar-refractivity contribution < 1.29 is 4.79 Å². The summed E-state index contributed by atoms with van der Waals surface area (Å²) in [4.78, 5) is 11.8. The summed E-state index contributed by atoms with van der Waals surface area (Å²) in [6.07, 6.45) is 7.28. The van der Waals surface area contributed by atoms with Crippen molar-refractivity contribution in [2.75, 3.05) is 0 Å². The van der Waals surface area contributed by atoms with E-state index in [9.17, 15) is 4.79 Å². The van der Waals surface area contributed by atoms with E-state index in [1.165, 1.54) is 12.0 Å². The van der Waals surface area contributed by atoms with Crippen molar-refractivity contribution in [3.05, 3.63) is 34.3 Å². The lowest BCUT2D eigenvalue weighted by Crippen LogP contribution is -2.39. The lowest BCUT2D eigenvalue weighted by molar-refractivity contribution is -0.130. The number of amides is 1. The maximum Gasteiger partial charge on any atom is 0.223 e. The third kappa shape index (κ3) is 3.14. The molecule has 0 aliphatic heterocycles. The van der Waals surface area contributed by atoms with E-state index >= 15 is 0 Å². The summed E-state index contributed by atoms with van der Waals surface area (Å²) in [7, 11) is 0. The Bertz CT molecular complexity index is 424. The fourth-order valence-electron chi connectivity index (χ4n) is 2.92. The largest absolute Gasteiger partial charge is 0.369 e. The van der Waals surface area contributed by atoms with E-state index in [1.54, 1.807) is 0 Å². The predicted molar refractivity (Wildman–Crippen MR) is 77.2 cm³/mol. The van der Waals surface area contributed by atoms with Crippen molar-refractivity contribution in [3.63, 3.8) is 0 Å². The van der Waals surface area contributed by atoms with Gasteiger partial charge in [0.2, 0.25) is 5.91 Å². The Morgan fingerprint density at radius 2 is 2.00 bits per heavy atom. The molecule has 3 heteroatoms. The molecule has 1 aromatic carbocycles. The molecule has 1 aromatic rings. The van der Waals surface area contributed by atoms with Crippen LogP contribution in [-0.4, -0.2) is 5.91 Å². The van der Waals surface area contributed by atoms with Gasteiger partial charge < -0.3 is 5.73 Å². The molecule has 0 heterocycles.